The van der Waals surface area contributed by atoms with E-state index >= 15 is 0 Å². The molecule has 0 spiro atoms. The topological polar surface area (TPSA) is 34.1 Å². The molecule has 1 aromatic heterocycles. The minimum Gasteiger partial charge on any atom is -0.439 e. The van der Waals surface area contributed by atoms with Crippen LogP contribution in [-0.2, 0) is 6.54 Å². The fourth-order valence-electron chi connectivity index (χ4n) is 1.76. The monoisotopic (exact) mass is 372 g/mol. The van der Waals surface area contributed by atoms with E-state index in [0.717, 1.165) is 18.5 Å². The zero-order valence-electron chi connectivity index (χ0n) is 11.5. The first-order valence-corrected chi connectivity index (χ1v) is 7.74. The molecule has 0 aliphatic rings. The largest absolute Gasteiger partial charge is 0.439 e. The van der Waals surface area contributed by atoms with Gasteiger partial charge < -0.3 is 10.1 Å². The Labute approximate surface area is 136 Å². The van der Waals surface area contributed by atoms with Gasteiger partial charge in [-0.3, -0.25) is 0 Å². The predicted octanol–water partition coefficient (Wildman–Crippen LogP) is 4.93. The Kier molecular flexibility index (Phi) is 5.96. The average molecular weight is 374 g/mol. The zero-order valence-corrected chi connectivity index (χ0v) is 13.8. The van der Waals surface area contributed by atoms with Crippen LogP contribution in [-0.4, -0.2) is 11.5 Å². The highest BCUT2D eigenvalue weighted by molar-refractivity contribution is 9.10. The Hall–Kier alpha value is -1.17. The summed E-state index contributed by atoms with van der Waals surface area (Å²) in [6.45, 7) is 3.64. The van der Waals surface area contributed by atoms with Gasteiger partial charge in [-0.1, -0.05) is 34.5 Å². The maximum Gasteiger partial charge on any atom is 0.219 e. The third-order valence-corrected chi connectivity index (χ3v) is 3.51. The van der Waals surface area contributed by atoms with Crippen LogP contribution < -0.4 is 10.1 Å². The van der Waals surface area contributed by atoms with Gasteiger partial charge in [0.1, 0.15) is 11.6 Å². The molecule has 0 bridgehead atoms. The van der Waals surface area contributed by atoms with Crippen molar-refractivity contribution in [2.24, 2.45) is 0 Å². The number of nitrogens with one attached hydrogen (secondary N) is 1. The van der Waals surface area contributed by atoms with E-state index in [1.807, 2.05) is 0 Å². The summed E-state index contributed by atoms with van der Waals surface area (Å²) in [4.78, 5) is 4.10. The van der Waals surface area contributed by atoms with Crippen molar-refractivity contribution in [1.82, 2.24) is 10.3 Å². The molecule has 21 heavy (non-hydrogen) atoms. The molecule has 1 aromatic carbocycles. The van der Waals surface area contributed by atoms with Gasteiger partial charge in [0.25, 0.3) is 0 Å². The number of rotatable bonds is 6. The highest BCUT2D eigenvalue weighted by atomic mass is 79.9. The van der Waals surface area contributed by atoms with Gasteiger partial charge >= 0.3 is 0 Å². The SMILES string of the molecule is CCCNCc1cc(Oc2cc(F)cc(Br)c2)ncc1Cl. The summed E-state index contributed by atoms with van der Waals surface area (Å²) in [5.41, 5.74) is 0.894. The maximum absolute atomic E-state index is 13.3. The van der Waals surface area contributed by atoms with Crippen LogP contribution in [0.15, 0.2) is 34.9 Å². The third kappa shape index (κ3) is 4.95. The van der Waals surface area contributed by atoms with Crippen molar-refractivity contribution < 1.29 is 9.13 Å². The van der Waals surface area contributed by atoms with Crippen molar-refractivity contribution in [3.63, 3.8) is 0 Å². The number of nitrogens with zero attached hydrogens (tertiary/aromatic N) is 1. The lowest BCUT2D eigenvalue weighted by molar-refractivity contribution is 0.456. The van der Waals surface area contributed by atoms with Crippen LogP contribution in [0.1, 0.15) is 18.9 Å². The summed E-state index contributed by atoms with van der Waals surface area (Å²) in [5.74, 6) is 0.382. The van der Waals surface area contributed by atoms with Crippen molar-refractivity contribution in [2.45, 2.75) is 19.9 Å². The normalized spacial score (nSPS) is 10.7. The van der Waals surface area contributed by atoms with E-state index in [1.54, 1.807) is 12.1 Å². The van der Waals surface area contributed by atoms with Gasteiger partial charge in [0.15, 0.2) is 0 Å². The molecule has 0 amide bonds. The molecule has 0 unspecified atom stereocenters. The molecule has 0 atom stereocenters. The van der Waals surface area contributed by atoms with E-state index in [-0.39, 0.29) is 5.82 Å². The number of hydrogen-bond donors (Lipinski definition) is 1. The smallest absolute Gasteiger partial charge is 0.219 e. The molecule has 0 saturated heterocycles. The Morgan fingerprint density at radius 1 is 1.33 bits per heavy atom. The minimum atomic E-state index is -0.377. The summed E-state index contributed by atoms with van der Waals surface area (Å²) in [6, 6.07) is 6.09. The number of benzene rings is 1. The lowest BCUT2D eigenvalue weighted by atomic mass is 10.2. The molecule has 0 aliphatic carbocycles. The molecule has 0 radical (unpaired) electrons. The van der Waals surface area contributed by atoms with Gasteiger partial charge in [-0.25, -0.2) is 9.37 Å². The lowest BCUT2D eigenvalue weighted by Crippen LogP contribution is -2.14. The van der Waals surface area contributed by atoms with Gasteiger partial charge in [-0.05, 0) is 30.7 Å². The molecule has 0 saturated carbocycles. The second kappa shape index (κ2) is 7.73. The summed E-state index contributed by atoms with van der Waals surface area (Å²) < 4.78 is 19.5. The van der Waals surface area contributed by atoms with Crippen LogP contribution in [0.25, 0.3) is 0 Å². The van der Waals surface area contributed by atoms with E-state index in [9.17, 15) is 4.39 Å². The molecule has 112 valence electrons. The van der Waals surface area contributed by atoms with Crippen molar-refractivity contribution in [2.75, 3.05) is 6.54 Å². The van der Waals surface area contributed by atoms with E-state index in [2.05, 4.69) is 33.2 Å². The number of ether oxygens (including phenoxy) is 1. The second-order valence-electron chi connectivity index (χ2n) is 4.50. The van der Waals surface area contributed by atoms with E-state index in [4.69, 9.17) is 16.3 Å². The molecular weight excluding hydrogens is 359 g/mol. The molecule has 2 rings (SSSR count). The molecular formula is C15H15BrClFN2O. The van der Waals surface area contributed by atoms with Gasteiger partial charge in [-0.2, -0.15) is 0 Å². The van der Waals surface area contributed by atoms with E-state index < -0.39 is 0 Å². The fraction of sp³-hybridized carbons (Fsp3) is 0.267. The van der Waals surface area contributed by atoms with Crippen LogP contribution in [0.4, 0.5) is 4.39 Å². The first kappa shape index (κ1) is 16.2. The first-order valence-electron chi connectivity index (χ1n) is 6.57. The molecule has 0 aliphatic heterocycles. The maximum atomic E-state index is 13.3. The summed E-state index contributed by atoms with van der Waals surface area (Å²) >= 11 is 9.33. The number of pyridine rings is 1. The minimum absolute atomic E-state index is 0.377. The summed E-state index contributed by atoms with van der Waals surface area (Å²) in [5, 5.41) is 3.84. The summed E-state index contributed by atoms with van der Waals surface area (Å²) in [7, 11) is 0. The standard InChI is InChI=1S/C15H15BrClFN2O/c1-2-3-19-8-10-4-15(20-9-14(10)17)21-13-6-11(16)5-12(18)7-13/h4-7,9,19H,2-3,8H2,1H3. The zero-order chi connectivity index (χ0) is 15.2. The van der Waals surface area contributed by atoms with Crippen LogP contribution in [0.3, 0.4) is 0 Å². The number of aromatic nitrogens is 1. The molecule has 2 aromatic rings. The lowest BCUT2D eigenvalue weighted by Gasteiger charge is -2.09. The van der Waals surface area contributed by atoms with Gasteiger partial charge in [0.2, 0.25) is 5.88 Å². The Morgan fingerprint density at radius 2 is 2.14 bits per heavy atom. The number of halogens is 3. The van der Waals surface area contributed by atoms with Crippen LogP contribution in [0, 0.1) is 5.82 Å². The first-order chi connectivity index (χ1) is 10.1. The average Bonchev–Trinajstić information content (AvgIpc) is 2.41. The van der Waals surface area contributed by atoms with E-state index in [1.165, 1.54) is 18.3 Å². The summed E-state index contributed by atoms with van der Waals surface area (Å²) in [6.07, 6.45) is 2.58. The fourth-order valence-corrected chi connectivity index (χ4v) is 2.37. The van der Waals surface area contributed by atoms with Gasteiger partial charge in [0.05, 0.1) is 5.02 Å². The van der Waals surface area contributed by atoms with Crippen LogP contribution in [0.5, 0.6) is 11.6 Å². The van der Waals surface area contributed by atoms with Crippen molar-refractivity contribution in [3.8, 4) is 11.6 Å². The quantitative estimate of drug-likeness (QED) is 0.729. The second-order valence-corrected chi connectivity index (χ2v) is 5.82. The molecule has 6 heteroatoms. The Balaban J connectivity index is 2.14. The van der Waals surface area contributed by atoms with Crippen molar-refractivity contribution in [1.29, 1.82) is 0 Å². The molecule has 3 nitrogen and oxygen atoms in total. The highest BCUT2D eigenvalue weighted by Crippen LogP contribution is 2.27. The molecule has 1 heterocycles. The van der Waals surface area contributed by atoms with Crippen molar-refractivity contribution in [3.05, 3.63) is 51.3 Å². The molecule has 1 N–H and O–H groups in total. The Bertz CT molecular complexity index is 604. The van der Waals surface area contributed by atoms with E-state index in [0.29, 0.717) is 27.7 Å². The van der Waals surface area contributed by atoms with Gasteiger partial charge in [-0.15, -0.1) is 0 Å². The van der Waals surface area contributed by atoms with Gasteiger partial charge in [0, 0.05) is 29.3 Å². The van der Waals surface area contributed by atoms with Crippen LogP contribution in [0.2, 0.25) is 5.02 Å². The predicted molar refractivity (Wildman–Crippen MR) is 85.4 cm³/mol. The van der Waals surface area contributed by atoms with Crippen LogP contribution >= 0.6 is 27.5 Å². The highest BCUT2D eigenvalue weighted by Gasteiger charge is 2.07. The Morgan fingerprint density at radius 3 is 2.86 bits per heavy atom. The third-order valence-electron chi connectivity index (χ3n) is 2.71. The number of hydrogen-bond acceptors (Lipinski definition) is 3. The molecule has 0 fully saturated rings. The van der Waals surface area contributed by atoms with Crippen molar-refractivity contribution >= 4 is 27.5 Å².